The number of carbonyl (C=O) groups is 3. The number of carbonyl (C=O) groups excluding carboxylic acids is 2. The van der Waals surface area contributed by atoms with E-state index in [9.17, 15) is 19.5 Å². The Kier molecular flexibility index (Phi) is 6.84. The fourth-order valence-corrected chi connectivity index (χ4v) is 3.40. The predicted octanol–water partition coefficient (Wildman–Crippen LogP) is 1.87. The van der Waals surface area contributed by atoms with Gasteiger partial charge in [0.05, 0.1) is 0 Å². The Balaban J connectivity index is 1.59. The van der Waals surface area contributed by atoms with Crippen LogP contribution < -0.4 is 10.1 Å². The van der Waals surface area contributed by atoms with Gasteiger partial charge in [0.2, 0.25) is 5.91 Å². The molecule has 0 saturated carbocycles. The molecule has 2 aromatic carbocycles. The smallest absolute Gasteiger partial charge is 0.326 e. The highest BCUT2D eigenvalue weighted by Gasteiger charge is 2.36. The SMILES string of the molecule is O=C(N[C@H](Cc1ccccc1)C(=O)O)[C@H]1CCCN1C(=O)COc1ccccc1. The number of likely N-dealkylation sites (tertiary alicyclic amines) is 1. The van der Waals surface area contributed by atoms with E-state index in [0.29, 0.717) is 25.1 Å². The van der Waals surface area contributed by atoms with Gasteiger partial charge < -0.3 is 20.1 Å². The van der Waals surface area contributed by atoms with Crippen molar-refractivity contribution >= 4 is 17.8 Å². The molecular weight excluding hydrogens is 372 g/mol. The maximum Gasteiger partial charge on any atom is 0.326 e. The van der Waals surface area contributed by atoms with Crippen LogP contribution in [0.15, 0.2) is 60.7 Å². The summed E-state index contributed by atoms with van der Waals surface area (Å²) in [6.45, 7) is 0.283. The van der Waals surface area contributed by atoms with Crippen LogP contribution in [0.5, 0.6) is 5.75 Å². The minimum Gasteiger partial charge on any atom is -0.484 e. The number of rotatable bonds is 8. The molecule has 2 atom stereocenters. The zero-order valence-electron chi connectivity index (χ0n) is 16.0. The number of amides is 2. The molecule has 0 bridgehead atoms. The van der Waals surface area contributed by atoms with E-state index in [-0.39, 0.29) is 18.9 Å². The molecule has 1 fully saturated rings. The van der Waals surface area contributed by atoms with Crippen LogP contribution in [0.25, 0.3) is 0 Å². The van der Waals surface area contributed by atoms with Crippen molar-refractivity contribution in [3.05, 3.63) is 66.2 Å². The first-order chi connectivity index (χ1) is 14.0. The molecule has 2 aromatic rings. The number of carboxylic acids is 1. The molecule has 0 radical (unpaired) electrons. The molecule has 2 N–H and O–H groups in total. The quantitative estimate of drug-likeness (QED) is 0.710. The Bertz CT molecular complexity index is 841. The number of benzene rings is 2. The van der Waals surface area contributed by atoms with Crippen LogP contribution in [0.1, 0.15) is 18.4 Å². The number of nitrogens with one attached hydrogen (secondary N) is 1. The third-order valence-corrected chi connectivity index (χ3v) is 4.88. The van der Waals surface area contributed by atoms with Crippen LogP contribution in [0.4, 0.5) is 0 Å². The molecule has 1 aliphatic heterocycles. The van der Waals surface area contributed by atoms with E-state index in [1.807, 2.05) is 48.5 Å². The largest absolute Gasteiger partial charge is 0.484 e. The second kappa shape index (κ2) is 9.73. The number of hydrogen-bond acceptors (Lipinski definition) is 4. The molecule has 1 aliphatic rings. The summed E-state index contributed by atoms with van der Waals surface area (Å²) in [6.07, 6.45) is 1.37. The maximum atomic E-state index is 12.7. The third kappa shape index (κ3) is 5.57. The highest BCUT2D eigenvalue weighted by molar-refractivity contribution is 5.91. The predicted molar refractivity (Wildman–Crippen MR) is 106 cm³/mol. The van der Waals surface area contributed by atoms with Crippen LogP contribution >= 0.6 is 0 Å². The van der Waals surface area contributed by atoms with Gasteiger partial charge in [-0.3, -0.25) is 9.59 Å². The average Bonchev–Trinajstić information content (AvgIpc) is 3.23. The van der Waals surface area contributed by atoms with Gasteiger partial charge in [-0.15, -0.1) is 0 Å². The average molecular weight is 396 g/mol. The number of aliphatic carboxylic acids is 1. The first-order valence-electron chi connectivity index (χ1n) is 9.59. The Morgan fingerprint density at radius 3 is 2.38 bits per heavy atom. The lowest BCUT2D eigenvalue weighted by molar-refractivity contribution is -0.144. The summed E-state index contributed by atoms with van der Waals surface area (Å²) in [5, 5.41) is 12.1. The van der Waals surface area contributed by atoms with E-state index in [1.165, 1.54) is 4.90 Å². The molecule has 152 valence electrons. The molecule has 0 unspecified atom stereocenters. The topological polar surface area (TPSA) is 95.9 Å². The molecular formula is C22H24N2O5. The van der Waals surface area contributed by atoms with E-state index in [2.05, 4.69) is 5.32 Å². The zero-order valence-corrected chi connectivity index (χ0v) is 16.0. The van der Waals surface area contributed by atoms with Gasteiger partial charge >= 0.3 is 5.97 Å². The van der Waals surface area contributed by atoms with Crippen molar-refractivity contribution in [2.45, 2.75) is 31.3 Å². The minimum atomic E-state index is -1.11. The van der Waals surface area contributed by atoms with Gasteiger partial charge in [0.25, 0.3) is 5.91 Å². The normalized spacial score (nSPS) is 16.8. The summed E-state index contributed by atoms with van der Waals surface area (Å²) in [4.78, 5) is 38.4. The number of hydrogen-bond donors (Lipinski definition) is 2. The van der Waals surface area contributed by atoms with Crippen LogP contribution in [0, 0.1) is 0 Å². The fourth-order valence-electron chi connectivity index (χ4n) is 3.40. The molecule has 7 nitrogen and oxygen atoms in total. The van der Waals surface area contributed by atoms with Crippen molar-refractivity contribution in [3.63, 3.8) is 0 Å². The van der Waals surface area contributed by atoms with E-state index < -0.39 is 24.0 Å². The second-order valence-corrected chi connectivity index (χ2v) is 6.94. The summed E-state index contributed by atoms with van der Waals surface area (Å²) < 4.78 is 5.49. The first-order valence-corrected chi connectivity index (χ1v) is 9.59. The molecule has 1 saturated heterocycles. The standard InChI is InChI=1S/C22H24N2O5/c25-20(15-29-17-10-5-2-6-11-17)24-13-7-12-19(24)21(26)23-18(22(27)28)14-16-8-3-1-4-9-16/h1-6,8-11,18-19H,7,12-15H2,(H,23,26)(H,27,28)/t18-,19-/m1/s1. The molecule has 29 heavy (non-hydrogen) atoms. The van der Waals surface area contributed by atoms with E-state index >= 15 is 0 Å². The number of para-hydroxylation sites is 1. The van der Waals surface area contributed by atoms with E-state index in [1.54, 1.807) is 12.1 Å². The van der Waals surface area contributed by atoms with Gasteiger partial charge in [0, 0.05) is 13.0 Å². The lowest BCUT2D eigenvalue weighted by atomic mass is 10.1. The summed E-state index contributed by atoms with van der Waals surface area (Å²) in [6, 6.07) is 16.4. The highest BCUT2D eigenvalue weighted by Crippen LogP contribution is 2.19. The molecule has 7 heteroatoms. The van der Waals surface area contributed by atoms with Crippen molar-refractivity contribution in [2.24, 2.45) is 0 Å². The number of ether oxygens (including phenoxy) is 1. The molecule has 0 spiro atoms. The fraction of sp³-hybridized carbons (Fsp3) is 0.318. The molecule has 2 amide bonds. The Hall–Kier alpha value is -3.35. The van der Waals surface area contributed by atoms with Crippen LogP contribution in [0.2, 0.25) is 0 Å². The van der Waals surface area contributed by atoms with Gasteiger partial charge in [0.15, 0.2) is 6.61 Å². The van der Waals surface area contributed by atoms with E-state index in [0.717, 1.165) is 5.56 Å². The van der Waals surface area contributed by atoms with Gasteiger partial charge in [-0.25, -0.2) is 4.79 Å². The Labute approximate surface area is 169 Å². The summed E-state index contributed by atoms with van der Waals surface area (Å²) in [7, 11) is 0. The van der Waals surface area contributed by atoms with Gasteiger partial charge in [0.1, 0.15) is 17.8 Å². The Morgan fingerprint density at radius 1 is 1.07 bits per heavy atom. The van der Waals surface area contributed by atoms with E-state index in [4.69, 9.17) is 4.74 Å². The lowest BCUT2D eigenvalue weighted by Crippen LogP contribution is -2.52. The highest BCUT2D eigenvalue weighted by atomic mass is 16.5. The number of carboxylic acid groups (broad SMARTS) is 1. The van der Waals surface area contributed by atoms with Crippen LogP contribution in [0.3, 0.4) is 0 Å². The van der Waals surface area contributed by atoms with Crippen molar-refractivity contribution in [1.29, 1.82) is 0 Å². The van der Waals surface area contributed by atoms with Crippen molar-refractivity contribution in [3.8, 4) is 5.75 Å². The Morgan fingerprint density at radius 2 is 1.72 bits per heavy atom. The van der Waals surface area contributed by atoms with Crippen molar-refractivity contribution in [2.75, 3.05) is 13.2 Å². The first kappa shape index (κ1) is 20.4. The molecule has 3 rings (SSSR count). The van der Waals surface area contributed by atoms with Gasteiger partial charge in [-0.2, -0.15) is 0 Å². The molecule has 0 aliphatic carbocycles. The molecule has 1 heterocycles. The minimum absolute atomic E-state index is 0.167. The maximum absolute atomic E-state index is 12.7. The number of nitrogens with zero attached hydrogens (tertiary/aromatic N) is 1. The van der Waals surface area contributed by atoms with Crippen molar-refractivity contribution < 1.29 is 24.2 Å². The van der Waals surface area contributed by atoms with Crippen LogP contribution in [-0.4, -0.2) is 53.0 Å². The van der Waals surface area contributed by atoms with Gasteiger partial charge in [-0.1, -0.05) is 48.5 Å². The molecule has 0 aromatic heterocycles. The lowest BCUT2D eigenvalue weighted by Gasteiger charge is -2.25. The van der Waals surface area contributed by atoms with Gasteiger partial charge in [-0.05, 0) is 30.5 Å². The summed E-state index contributed by atoms with van der Waals surface area (Å²) >= 11 is 0. The van der Waals surface area contributed by atoms with Crippen LogP contribution in [-0.2, 0) is 20.8 Å². The third-order valence-electron chi connectivity index (χ3n) is 4.88. The second-order valence-electron chi connectivity index (χ2n) is 6.94. The zero-order chi connectivity index (χ0) is 20.6. The summed E-state index contributed by atoms with van der Waals surface area (Å²) in [5.74, 6) is -1.26. The summed E-state index contributed by atoms with van der Waals surface area (Å²) in [5.41, 5.74) is 0.816. The van der Waals surface area contributed by atoms with Crippen molar-refractivity contribution in [1.82, 2.24) is 10.2 Å². The monoisotopic (exact) mass is 396 g/mol.